The van der Waals surface area contributed by atoms with Crippen molar-refractivity contribution in [2.24, 2.45) is 5.73 Å². The first-order chi connectivity index (χ1) is 9.06. The number of carbonyl (C=O) groups is 1. The zero-order chi connectivity index (χ0) is 14.3. The molecule has 0 saturated carbocycles. The van der Waals surface area contributed by atoms with Gasteiger partial charge in [0.15, 0.2) is 0 Å². The van der Waals surface area contributed by atoms with Crippen LogP contribution in [0.1, 0.15) is 13.8 Å². The molecule has 0 aliphatic carbocycles. The monoisotopic (exact) mass is 270 g/mol. The van der Waals surface area contributed by atoms with E-state index >= 15 is 0 Å². The minimum absolute atomic E-state index is 0.0868. The van der Waals surface area contributed by atoms with Gasteiger partial charge in [-0.25, -0.2) is 0 Å². The molecule has 1 unspecified atom stereocenters. The number of anilines is 2. The van der Waals surface area contributed by atoms with E-state index in [-0.39, 0.29) is 18.5 Å². The normalized spacial score (nSPS) is 11.7. The summed E-state index contributed by atoms with van der Waals surface area (Å²) in [6.07, 6.45) is -1.31. The molecule has 0 bridgehead atoms. The van der Waals surface area contributed by atoms with Gasteiger partial charge in [0.1, 0.15) is 6.10 Å². The minimum Gasteiger partial charge on any atom is -0.464 e. The van der Waals surface area contributed by atoms with Crippen LogP contribution in [0.15, 0.2) is 0 Å². The number of amides is 1. The molecule has 1 atom stereocenters. The lowest BCUT2D eigenvalue weighted by molar-refractivity contribution is -0.125. The van der Waals surface area contributed by atoms with Crippen LogP contribution in [0.5, 0.6) is 6.01 Å². The largest absolute Gasteiger partial charge is 0.464 e. The first-order valence-corrected chi connectivity index (χ1v) is 5.90. The summed E-state index contributed by atoms with van der Waals surface area (Å²) >= 11 is 0. The molecule has 0 aliphatic heterocycles. The summed E-state index contributed by atoms with van der Waals surface area (Å²) in [5, 5.41) is 14.9. The fourth-order valence-electron chi connectivity index (χ4n) is 1.15. The number of hydrogen-bond acceptors (Lipinski definition) is 8. The van der Waals surface area contributed by atoms with E-state index < -0.39 is 12.0 Å². The molecular formula is C10H18N6O3. The number of hydrogen-bond donors (Lipinski definition) is 4. The number of carbonyl (C=O) groups excluding carboxylic acids is 1. The number of aliphatic hydroxyl groups excluding tert-OH is 1. The second-order valence-electron chi connectivity index (χ2n) is 3.53. The van der Waals surface area contributed by atoms with Gasteiger partial charge in [0.2, 0.25) is 17.8 Å². The van der Waals surface area contributed by atoms with E-state index in [0.29, 0.717) is 19.1 Å². The molecule has 1 rings (SSSR count). The summed E-state index contributed by atoms with van der Waals surface area (Å²) < 4.78 is 5.19. The fourth-order valence-corrected chi connectivity index (χ4v) is 1.15. The molecule has 0 aromatic carbocycles. The molecular weight excluding hydrogens is 252 g/mol. The summed E-state index contributed by atoms with van der Waals surface area (Å²) in [6, 6.07) is 0.157. The van der Waals surface area contributed by atoms with Crippen LogP contribution in [0.25, 0.3) is 0 Å². The number of primary amides is 1. The minimum atomic E-state index is -1.31. The second-order valence-corrected chi connectivity index (χ2v) is 3.53. The topological polar surface area (TPSA) is 135 Å². The van der Waals surface area contributed by atoms with Crippen molar-refractivity contribution in [1.29, 1.82) is 0 Å². The summed E-state index contributed by atoms with van der Waals surface area (Å²) in [7, 11) is 0. The molecule has 19 heavy (non-hydrogen) atoms. The smallest absolute Gasteiger partial charge is 0.323 e. The average Bonchev–Trinajstić information content (AvgIpc) is 2.36. The van der Waals surface area contributed by atoms with E-state index in [4.69, 9.17) is 10.5 Å². The van der Waals surface area contributed by atoms with Crippen LogP contribution < -0.4 is 21.1 Å². The number of ether oxygens (including phenoxy) is 1. The quantitative estimate of drug-likeness (QED) is 0.470. The molecule has 5 N–H and O–H groups in total. The molecule has 0 spiro atoms. The standard InChI is InChI=1S/C10H18N6O3/c1-3-12-8-14-9(13-5-6(17)7(11)18)16-10(15-8)19-4-2/h6,17H,3-5H2,1-2H3,(H2,11,18)(H2,12,13,14,15,16). The lowest BCUT2D eigenvalue weighted by atomic mass is 10.3. The van der Waals surface area contributed by atoms with Gasteiger partial charge < -0.3 is 26.2 Å². The number of rotatable bonds is 8. The Morgan fingerprint density at radius 3 is 2.47 bits per heavy atom. The summed E-state index contributed by atoms with van der Waals surface area (Å²) in [5.41, 5.74) is 4.94. The number of aliphatic hydroxyl groups is 1. The van der Waals surface area contributed by atoms with Gasteiger partial charge in [0, 0.05) is 6.54 Å². The molecule has 1 heterocycles. The van der Waals surface area contributed by atoms with Crippen LogP contribution in [-0.4, -0.2) is 51.8 Å². The van der Waals surface area contributed by atoms with Crippen molar-refractivity contribution in [3.05, 3.63) is 0 Å². The third-order valence-corrected chi connectivity index (χ3v) is 2.01. The zero-order valence-corrected chi connectivity index (χ0v) is 10.9. The lowest BCUT2D eigenvalue weighted by Crippen LogP contribution is -2.34. The molecule has 0 aliphatic rings. The van der Waals surface area contributed by atoms with Crippen LogP contribution >= 0.6 is 0 Å². The van der Waals surface area contributed by atoms with E-state index in [0.717, 1.165) is 0 Å². The molecule has 0 radical (unpaired) electrons. The predicted octanol–water partition coefficient (Wildman–Crippen LogP) is -1.04. The molecule has 0 fully saturated rings. The SMILES string of the molecule is CCNc1nc(NCC(O)C(N)=O)nc(OCC)n1. The molecule has 0 saturated heterocycles. The second kappa shape index (κ2) is 7.31. The van der Waals surface area contributed by atoms with Crippen LogP contribution in [-0.2, 0) is 4.79 Å². The highest BCUT2D eigenvalue weighted by Gasteiger charge is 2.12. The van der Waals surface area contributed by atoms with Crippen molar-refractivity contribution in [3.63, 3.8) is 0 Å². The zero-order valence-electron chi connectivity index (χ0n) is 10.9. The van der Waals surface area contributed by atoms with Gasteiger partial charge >= 0.3 is 6.01 Å². The van der Waals surface area contributed by atoms with Gasteiger partial charge in [-0.2, -0.15) is 15.0 Å². The van der Waals surface area contributed by atoms with Crippen molar-refractivity contribution in [2.75, 3.05) is 30.3 Å². The Bertz CT molecular complexity index is 403. The van der Waals surface area contributed by atoms with E-state index in [1.54, 1.807) is 6.92 Å². The van der Waals surface area contributed by atoms with E-state index in [2.05, 4.69) is 25.6 Å². The maximum Gasteiger partial charge on any atom is 0.323 e. The van der Waals surface area contributed by atoms with E-state index in [9.17, 15) is 9.90 Å². The van der Waals surface area contributed by atoms with Crippen LogP contribution in [0.4, 0.5) is 11.9 Å². The number of aromatic nitrogens is 3. The van der Waals surface area contributed by atoms with Crippen LogP contribution in [0.3, 0.4) is 0 Å². The highest BCUT2D eigenvalue weighted by molar-refractivity contribution is 5.79. The summed E-state index contributed by atoms with van der Waals surface area (Å²) in [5.74, 6) is -0.287. The van der Waals surface area contributed by atoms with Gasteiger partial charge in [0.05, 0.1) is 13.2 Å². The van der Waals surface area contributed by atoms with E-state index in [1.165, 1.54) is 0 Å². The molecule has 1 aromatic heterocycles. The van der Waals surface area contributed by atoms with Crippen molar-refractivity contribution in [1.82, 2.24) is 15.0 Å². The Morgan fingerprint density at radius 1 is 1.32 bits per heavy atom. The Hall–Kier alpha value is -2.16. The van der Waals surface area contributed by atoms with Crippen LogP contribution in [0, 0.1) is 0 Å². The number of nitrogens with zero attached hydrogens (tertiary/aromatic N) is 3. The third-order valence-electron chi connectivity index (χ3n) is 2.01. The Balaban J connectivity index is 2.77. The Kier molecular flexibility index (Phi) is 5.73. The third kappa shape index (κ3) is 4.92. The average molecular weight is 270 g/mol. The summed E-state index contributed by atoms with van der Waals surface area (Å²) in [4.78, 5) is 22.8. The first-order valence-electron chi connectivity index (χ1n) is 5.90. The summed E-state index contributed by atoms with van der Waals surface area (Å²) in [6.45, 7) is 4.67. The molecule has 1 aromatic rings. The molecule has 9 heteroatoms. The van der Waals surface area contributed by atoms with Gasteiger partial charge in [-0.15, -0.1) is 0 Å². The van der Waals surface area contributed by atoms with Crippen molar-refractivity contribution in [3.8, 4) is 6.01 Å². The van der Waals surface area contributed by atoms with Gasteiger partial charge in [-0.05, 0) is 13.8 Å². The Labute approximate surface area is 110 Å². The van der Waals surface area contributed by atoms with Gasteiger partial charge in [-0.3, -0.25) is 4.79 Å². The lowest BCUT2D eigenvalue weighted by Gasteiger charge is -2.10. The van der Waals surface area contributed by atoms with E-state index in [1.807, 2.05) is 6.92 Å². The molecule has 1 amide bonds. The number of nitrogens with one attached hydrogen (secondary N) is 2. The Morgan fingerprint density at radius 2 is 1.95 bits per heavy atom. The fraction of sp³-hybridized carbons (Fsp3) is 0.600. The van der Waals surface area contributed by atoms with Crippen molar-refractivity contribution in [2.45, 2.75) is 20.0 Å². The van der Waals surface area contributed by atoms with Crippen LogP contribution in [0.2, 0.25) is 0 Å². The maximum atomic E-state index is 10.7. The van der Waals surface area contributed by atoms with Crippen molar-refractivity contribution >= 4 is 17.8 Å². The number of nitrogens with two attached hydrogens (primary N) is 1. The maximum absolute atomic E-state index is 10.7. The molecule has 106 valence electrons. The van der Waals surface area contributed by atoms with Gasteiger partial charge in [0.25, 0.3) is 0 Å². The highest BCUT2D eigenvalue weighted by atomic mass is 16.5. The predicted molar refractivity (Wildman–Crippen MR) is 68.9 cm³/mol. The van der Waals surface area contributed by atoms with Crippen molar-refractivity contribution < 1.29 is 14.6 Å². The molecule has 9 nitrogen and oxygen atoms in total. The highest BCUT2D eigenvalue weighted by Crippen LogP contribution is 2.10. The first kappa shape index (κ1) is 14.9. The van der Waals surface area contributed by atoms with Gasteiger partial charge in [-0.1, -0.05) is 0 Å².